The van der Waals surface area contributed by atoms with Crippen LogP contribution in [-0.4, -0.2) is 91.3 Å². The fourth-order valence-corrected chi connectivity index (χ4v) is 7.97. The van der Waals surface area contributed by atoms with Gasteiger partial charge in [0.25, 0.3) is 0 Å². The summed E-state index contributed by atoms with van der Waals surface area (Å²) in [6.45, 7) is 8.89. The molecule has 0 radical (unpaired) electrons. The molecule has 2 saturated heterocycles. The van der Waals surface area contributed by atoms with Gasteiger partial charge in [0.2, 0.25) is 15.9 Å². The van der Waals surface area contributed by atoms with E-state index in [1.807, 2.05) is 4.90 Å². The van der Waals surface area contributed by atoms with Gasteiger partial charge in [0, 0.05) is 56.7 Å². The average Bonchev–Trinajstić information content (AvgIpc) is 3.18. The summed E-state index contributed by atoms with van der Waals surface area (Å²) in [7, 11) is -3.96. The van der Waals surface area contributed by atoms with Crippen LogP contribution in [0.15, 0.2) is 4.90 Å². The lowest BCUT2D eigenvalue weighted by atomic mass is 9.93. The number of aryl methyl sites for hydroxylation is 2. The molecule has 3 fully saturated rings. The third-order valence-corrected chi connectivity index (χ3v) is 9.88. The number of piperazine rings is 1. The van der Waals surface area contributed by atoms with Crippen molar-refractivity contribution in [1.82, 2.24) is 19.1 Å². The van der Waals surface area contributed by atoms with E-state index in [1.165, 1.54) is 36.4 Å². The van der Waals surface area contributed by atoms with Crippen molar-refractivity contribution in [1.29, 1.82) is 0 Å². The molecule has 196 valence electrons. The highest BCUT2D eigenvalue weighted by molar-refractivity contribution is 7.89. The smallest absolute Gasteiger partial charge is 0.341 e. The summed E-state index contributed by atoms with van der Waals surface area (Å²) in [6, 6.07) is 0.651. The molecule has 0 spiro atoms. The Morgan fingerprint density at radius 1 is 0.943 bits per heavy atom. The number of esters is 1. The first kappa shape index (κ1) is 26.2. The van der Waals surface area contributed by atoms with Crippen LogP contribution in [0.3, 0.4) is 0 Å². The van der Waals surface area contributed by atoms with Crippen LogP contribution in [0, 0.1) is 19.8 Å². The minimum absolute atomic E-state index is 0.0253. The summed E-state index contributed by atoms with van der Waals surface area (Å²) >= 11 is 0. The minimum Gasteiger partial charge on any atom is -0.462 e. The van der Waals surface area contributed by atoms with E-state index in [1.54, 1.807) is 20.8 Å². The lowest BCUT2D eigenvalue weighted by molar-refractivity contribution is -0.138. The van der Waals surface area contributed by atoms with Crippen LogP contribution in [0.2, 0.25) is 0 Å². The van der Waals surface area contributed by atoms with Crippen molar-refractivity contribution in [3.8, 4) is 0 Å². The number of rotatable bonds is 6. The molecular formula is C25H40N4O5S. The number of aromatic amines is 1. The van der Waals surface area contributed by atoms with Gasteiger partial charge in [0.05, 0.1) is 12.5 Å². The molecule has 3 heterocycles. The highest BCUT2D eigenvalue weighted by Gasteiger charge is 2.39. The lowest BCUT2D eigenvalue weighted by Crippen LogP contribution is -2.55. The van der Waals surface area contributed by atoms with Gasteiger partial charge in [-0.2, -0.15) is 4.31 Å². The van der Waals surface area contributed by atoms with E-state index < -0.39 is 16.0 Å². The second-order valence-corrected chi connectivity index (χ2v) is 12.0. The van der Waals surface area contributed by atoms with E-state index in [0.717, 1.165) is 13.1 Å². The van der Waals surface area contributed by atoms with Crippen LogP contribution in [-0.2, 0) is 19.6 Å². The van der Waals surface area contributed by atoms with Crippen LogP contribution in [0.4, 0.5) is 0 Å². The lowest BCUT2D eigenvalue weighted by Gasteiger charge is -2.42. The number of carbonyl (C=O) groups excluding carboxylic acids is 2. The van der Waals surface area contributed by atoms with Gasteiger partial charge in [-0.1, -0.05) is 19.3 Å². The van der Waals surface area contributed by atoms with E-state index in [9.17, 15) is 18.0 Å². The number of hydrogen-bond acceptors (Lipinski definition) is 6. The molecule has 0 aromatic carbocycles. The molecule has 1 amide bonds. The Hall–Kier alpha value is -1.91. The molecule has 1 N–H and O–H groups in total. The summed E-state index contributed by atoms with van der Waals surface area (Å²) < 4.78 is 33.9. The molecule has 10 heteroatoms. The Morgan fingerprint density at radius 3 is 2.29 bits per heavy atom. The van der Waals surface area contributed by atoms with Crippen LogP contribution >= 0.6 is 0 Å². The molecule has 1 unspecified atom stereocenters. The largest absolute Gasteiger partial charge is 0.462 e. The third kappa shape index (κ3) is 5.44. The zero-order chi connectivity index (χ0) is 25.2. The van der Waals surface area contributed by atoms with Crippen molar-refractivity contribution in [3.05, 3.63) is 17.0 Å². The fraction of sp³-hybridized carbons (Fsp3) is 0.760. The molecule has 1 aromatic heterocycles. The van der Waals surface area contributed by atoms with E-state index in [0.29, 0.717) is 49.9 Å². The normalized spacial score (nSPS) is 23.4. The Balaban J connectivity index is 1.44. The molecule has 35 heavy (non-hydrogen) atoms. The topological polar surface area (TPSA) is 103 Å². The number of piperidine rings is 1. The summed E-state index contributed by atoms with van der Waals surface area (Å²) in [5.74, 6) is -0.944. The van der Waals surface area contributed by atoms with Crippen molar-refractivity contribution < 1.29 is 22.7 Å². The summed E-state index contributed by atoms with van der Waals surface area (Å²) in [5.41, 5.74) is 0.953. The molecule has 9 nitrogen and oxygen atoms in total. The molecule has 2 aliphatic heterocycles. The molecule has 4 rings (SSSR count). The van der Waals surface area contributed by atoms with Gasteiger partial charge in [0.1, 0.15) is 10.5 Å². The first-order valence-electron chi connectivity index (χ1n) is 13.1. The maximum atomic E-state index is 13.7. The van der Waals surface area contributed by atoms with Crippen LogP contribution in [0.25, 0.3) is 0 Å². The highest BCUT2D eigenvalue weighted by atomic mass is 32.2. The van der Waals surface area contributed by atoms with E-state index in [-0.39, 0.29) is 35.4 Å². The van der Waals surface area contributed by atoms with Crippen LogP contribution in [0.5, 0.6) is 0 Å². The van der Waals surface area contributed by atoms with Crippen molar-refractivity contribution in [2.45, 2.75) is 76.7 Å². The molecule has 3 aliphatic rings. The number of H-pyrrole nitrogens is 1. The number of nitrogens with one attached hydrogen (secondary N) is 1. The number of aromatic nitrogens is 1. The first-order valence-corrected chi connectivity index (χ1v) is 14.6. The van der Waals surface area contributed by atoms with Crippen molar-refractivity contribution in [3.63, 3.8) is 0 Å². The number of carbonyl (C=O) groups is 2. The quantitative estimate of drug-likeness (QED) is 0.593. The fourth-order valence-electron chi connectivity index (χ4n) is 6.03. The predicted octanol–water partition coefficient (Wildman–Crippen LogP) is 2.69. The molecule has 1 aromatic rings. The number of sulfonamides is 1. The van der Waals surface area contributed by atoms with E-state index in [4.69, 9.17) is 4.74 Å². The summed E-state index contributed by atoms with van der Waals surface area (Å²) in [6.07, 6.45) is 7.75. The second kappa shape index (κ2) is 11.0. The molecule has 1 saturated carbocycles. The van der Waals surface area contributed by atoms with Gasteiger partial charge in [-0.3, -0.25) is 9.69 Å². The summed E-state index contributed by atoms with van der Waals surface area (Å²) in [5, 5.41) is 0. The minimum atomic E-state index is -3.96. The first-order chi connectivity index (χ1) is 16.7. The number of hydrogen-bond donors (Lipinski definition) is 1. The van der Waals surface area contributed by atoms with Gasteiger partial charge in [-0.15, -0.1) is 0 Å². The van der Waals surface area contributed by atoms with Gasteiger partial charge >= 0.3 is 5.97 Å². The standard InChI is InChI=1S/C25H40N4O5S/c1-4-34-25(31)22-18(2)26-19(3)23(22)35(32,33)29-12-8-9-20(17-29)24(30)28-15-13-27(14-16-28)21-10-6-5-7-11-21/h20-21,26H,4-17H2,1-3H3. The van der Waals surface area contributed by atoms with Gasteiger partial charge in [-0.05, 0) is 46.5 Å². The zero-order valence-electron chi connectivity index (χ0n) is 21.3. The Labute approximate surface area is 209 Å². The predicted molar refractivity (Wildman–Crippen MR) is 133 cm³/mol. The molecule has 1 atom stereocenters. The maximum absolute atomic E-state index is 13.7. The van der Waals surface area contributed by atoms with E-state index in [2.05, 4.69) is 9.88 Å². The Kier molecular flexibility index (Phi) is 8.23. The second-order valence-electron chi connectivity index (χ2n) is 10.2. The Morgan fingerprint density at radius 2 is 1.63 bits per heavy atom. The maximum Gasteiger partial charge on any atom is 0.341 e. The highest BCUT2D eigenvalue weighted by Crippen LogP contribution is 2.31. The van der Waals surface area contributed by atoms with Crippen LogP contribution in [0.1, 0.15) is 73.6 Å². The number of amides is 1. The molecule has 0 bridgehead atoms. The zero-order valence-corrected chi connectivity index (χ0v) is 22.2. The van der Waals surface area contributed by atoms with Crippen molar-refractivity contribution in [2.24, 2.45) is 5.92 Å². The van der Waals surface area contributed by atoms with Gasteiger partial charge < -0.3 is 14.6 Å². The van der Waals surface area contributed by atoms with Gasteiger partial charge in [0.15, 0.2) is 0 Å². The average molecular weight is 509 g/mol. The molecule has 1 aliphatic carbocycles. The van der Waals surface area contributed by atoms with Gasteiger partial charge in [-0.25, -0.2) is 13.2 Å². The van der Waals surface area contributed by atoms with Crippen LogP contribution < -0.4 is 0 Å². The van der Waals surface area contributed by atoms with Crippen molar-refractivity contribution >= 4 is 21.9 Å². The number of nitrogens with zero attached hydrogens (tertiary/aromatic N) is 3. The number of ether oxygens (including phenoxy) is 1. The molecular weight excluding hydrogens is 468 g/mol. The third-order valence-electron chi connectivity index (χ3n) is 7.85. The van der Waals surface area contributed by atoms with E-state index >= 15 is 0 Å². The summed E-state index contributed by atoms with van der Waals surface area (Å²) in [4.78, 5) is 33.4. The Bertz CT molecular complexity index is 1020. The SMILES string of the molecule is CCOC(=O)c1c(C)[nH]c(C)c1S(=O)(=O)N1CCCC(C(=O)N2CCN(C3CCCCC3)CC2)C1. The monoisotopic (exact) mass is 508 g/mol. The van der Waals surface area contributed by atoms with Crippen molar-refractivity contribution in [2.75, 3.05) is 45.9 Å².